The van der Waals surface area contributed by atoms with Crippen molar-refractivity contribution in [1.29, 1.82) is 0 Å². The van der Waals surface area contributed by atoms with Crippen LogP contribution in [0.3, 0.4) is 0 Å². The Morgan fingerprint density at radius 2 is 1.79 bits per heavy atom. The van der Waals surface area contributed by atoms with Gasteiger partial charge in [0.25, 0.3) is 0 Å². The first kappa shape index (κ1) is 10.9. The van der Waals surface area contributed by atoms with Gasteiger partial charge >= 0.3 is 0 Å². The molecule has 2 heteroatoms. The zero-order valence-electron chi connectivity index (χ0n) is 8.62. The molecule has 0 atom stereocenters. The quantitative estimate of drug-likeness (QED) is 0.770. The van der Waals surface area contributed by atoms with Crippen molar-refractivity contribution in [3.63, 3.8) is 0 Å². The normalized spacial score (nSPS) is 10.1. The Bertz CT molecular complexity index is 290. The maximum atomic E-state index is 11.2. The molecule has 2 N–H and O–H groups in total. The van der Waals surface area contributed by atoms with Crippen molar-refractivity contribution < 1.29 is 4.79 Å². The molecule has 0 bridgehead atoms. The minimum absolute atomic E-state index is 0.288. The van der Waals surface area contributed by atoms with Crippen LogP contribution in [0, 0.1) is 0 Å². The van der Waals surface area contributed by atoms with Crippen molar-refractivity contribution in [3.05, 3.63) is 35.4 Å². The average molecular weight is 191 g/mol. The Morgan fingerprint density at radius 1 is 1.21 bits per heavy atom. The number of nitrogens with two attached hydrogens (primary N) is 1. The third-order valence-electron chi connectivity index (χ3n) is 2.25. The monoisotopic (exact) mass is 191 g/mol. The molecule has 0 fully saturated rings. The predicted molar refractivity (Wildman–Crippen MR) is 58.2 cm³/mol. The van der Waals surface area contributed by atoms with Crippen LogP contribution in [0.2, 0.25) is 0 Å². The fourth-order valence-corrected chi connectivity index (χ4v) is 1.34. The Morgan fingerprint density at radius 3 is 2.29 bits per heavy atom. The van der Waals surface area contributed by atoms with Gasteiger partial charge in [0.1, 0.15) is 5.78 Å². The summed E-state index contributed by atoms with van der Waals surface area (Å²) >= 11 is 0. The number of ketones is 1. The molecular weight excluding hydrogens is 174 g/mol. The fraction of sp³-hybridized carbons (Fsp3) is 0.417. The molecule has 0 saturated heterocycles. The summed E-state index contributed by atoms with van der Waals surface area (Å²) in [6.07, 6.45) is 2.08. The number of benzene rings is 1. The third kappa shape index (κ3) is 3.30. The summed E-state index contributed by atoms with van der Waals surface area (Å²) in [7, 11) is 0. The second-order valence-electron chi connectivity index (χ2n) is 3.42. The topological polar surface area (TPSA) is 43.1 Å². The fourth-order valence-electron chi connectivity index (χ4n) is 1.34. The van der Waals surface area contributed by atoms with Gasteiger partial charge in [0.2, 0.25) is 0 Å². The molecule has 1 aromatic carbocycles. The highest BCUT2D eigenvalue weighted by molar-refractivity contribution is 5.80. The molecule has 1 aromatic rings. The number of Topliss-reactive ketones (excluding diaryl/α,β-unsaturated/α-hetero) is 1. The summed E-state index contributed by atoms with van der Waals surface area (Å²) in [6.45, 7) is 2.57. The smallest absolute Gasteiger partial charge is 0.136 e. The molecule has 0 aliphatic rings. The zero-order chi connectivity index (χ0) is 10.4. The lowest BCUT2D eigenvalue weighted by atomic mass is 10.0. The molecule has 0 aliphatic carbocycles. The van der Waals surface area contributed by atoms with E-state index in [1.165, 1.54) is 5.56 Å². The van der Waals surface area contributed by atoms with E-state index in [2.05, 4.69) is 0 Å². The highest BCUT2D eigenvalue weighted by atomic mass is 16.1. The number of rotatable bonds is 5. The maximum absolute atomic E-state index is 11.2. The van der Waals surface area contributed by atoms with Gasteiger partial charge in [-0.15, -0.1) is 0 Å². The standard InChI is InChI=1S/C12H17NO/c1-2-12(14)9-11-5-3-10(4-6-11)7-8-13/h3-6H,2,7-9,13H2,1H3. The lowest BCUT2D eigenvalue weighted by Gasteiger charge is -2.01. The van der Waals surface area contributed by atoms with Gasteiger partial charge in [0, 0.05) is 12.8 Å². The van der Waals surface area contributed by atoms with E-state index in [0.717, 1.165) is 12.0 Å². The second-order valence-corrected chi connectivity index (χ2v) is 3.42. The van der Waals surface area contributed by atoms with Gasteiger partial charge < -0.3 is 5.73 Å². The van der Waals surface area contributed by atoms with Gasteiger partial charge in [-0.2, -0.15) is 0 Å². The minimum atomic E-state index is 0.288. The highest BCUT2D eigenvalue weighted by Crippen LogP contribution is 2.06. The lowest BCUT2D eigenvalue weighted by molar-refractivity contribution is -0.118. The van der Waals surface area contributed by atoms with Gasteiger partial charge in [-0.05, 0) is 24.1 Å². The number of hydrogen-bond acceptors (Lipinski definition) is 2. The Kier molecular flexibility index (Phi) is 4.33. The molecule has 0 spiro atoms. The Balaban J connectivity index is 2.59. The van der Waals surface area contributed by atoms with E-state index in [1.807, 2.05) is 31.2 Å². The van der Waals surface area contributed by atoms with Gasteiger partial charge in [-0.25, -0.2) is 0 Å². The average Bonchev–Trinajstić information content (AvgIpc) is 2.21. The summed E-state index contributed by atoms with van der Waals surface area (Å²) < 4.78 is 0. The van der Waals surface area contributed by atoms with Crippen molar-refractivity contribution >= 4 is 5.78 Å². The van der Waals surface area contributed by atoms with E-state index in [9.17, 15) is 4.79 Å². The maximum Gasteiger partial charge on any atom is 0.136 e. The number of hydrogen-bond donors (Lipinski definition) is 1. The SMILES string of the molecule is CCC(=O)Cc1ccc(CCN)cc1. The minimum Gasteiger partial charge on any atom is -0.330 e. The van der Waals surface area contributed by atoms with Crippen LogP contribution < -0.4 is 5.73 Å². The lowest BCUT2D eigenvalue weighted by Crippen LogP contribution is -2.03. The molecule has 0 aliphatic heterocycles. The highest BCUT2D eigenvalue weighted by Gasteiger charge is 2.00. The summed E-state index contributed by atoms with van der Waals surface area (Å²) in [5.41, 5.74) is 7.78. The first-order valence-corrected chi connectivity index (χ1v) is 5.06. The van der Waals surface area contributed by atoms with E-state index in [-0.39, 0.29) is 5.78 Å². The van der Waals surface area contributed by atoms with Crippen LogP contribution in [0.5, 0.6) is 0 Å². The summed E-state index contributed by atoms with van der Waals surface area (Å²) in [5, 5.41) is 0. The van der Waals surface area contributed by atoms with E-state index in [1.54, 1.807) is 0 Å². The first-order chi connectivity index (χ1) is 6.76. The van der Waals surface area contributed by atoms with E-state index in [0.29, 0.717) is 19.4 Å². The largest absolute Gasteiger partial charge is 0.330 e. The van der Waals surface area contributed by atoms with Crippen LogP contribution in [-0.2, 0) is 17.6 Å². The van der Waals surface area contributed by atoms with Crippen LogP contribution in [0.25, 0.3) is 0 Å². The molecule has 0 saturated carbocycles. The van der Waals surface area contributed by atoms with Crippen molar-refractivity contribution in [2.75, 3.05) is 6.54 Å². The van der Waals surface area contributed by atoms with E-state index >= 15 is 0 Å². The molecule has 76 valence electrons. The van der Waals surface area contributed by atoms with Crippen molar-refractivity contribution in [1.82, 2.24) is 0 Å². The molecule has 0 radical (unpaired) electrons. The molecule has 0 heterocycles. The second kappa shape index (κ2) is 5.55. The van der Waals surface area contributed by atoms with Gasteiger partial charge in [-0.1, -0.05) is 31.2 Å². The summed E-state index contributed by atoms with van der Waals surface area (Å²) in [6, 6.07) is 8.12. The molecular formula is C12H17NO. The summed E-state index contributed by atoms with van der Waals surface area (Å²) in [5.74, 6) is 0.288. The van der Waals surface area contributed by atoms with Crippen LogP contribution in [0.4, 0.5) is 0 Å². The predicted octanol–water partition coefficient (Wildman–Crippen LogP) is 1.71. The molecule has 0 unspecified atom stereocenters. The molecule has 14 heavy (non-hydrogen) atoms. The molecule has 0 aromatic heterocycles. The van der Waals surface area contributed by atoms with Crippen LogP contribution >= 0.6 is 0 Å². The van der Waals surface area contributed by atoms with Crippen molar-refractivity contribution in [3.8, 4) is 0 Å². The van der Waals surface area contributed by atoms with E-state index in [4.69, 9.17) is 5.73 Å². The summed E-state index contributed by atoms with van der Waals surface area (Å²) in [4.78, 5) is 11.2. The van der Waals surface area contributed by atoms with Gasteiger partial charge in [0.15, 0.2) is 0 Å². The Hall–Kier alpha value is -1.15. The van der Waals surface area contributed by atoms with Gasteiger partial charge in [0.05, 0.1) is 0 Å². The molecule has 1 rings (SSSR count). The van der Waals surface area contributed by atoms with Gasteiger partial charge in [-0.3, -0.25) is 4.79 Å². The van der Waals surface area contributed by atoms with Crippen LogP contribution in [-0.4, -0.2) is 12.3 Å². The van der Waals surface area contributed by atoms with Crippen LogP contribution in [0.1, 0.15) is 24.5 Å². The first-order valence-electron chi connectivity index (χ1n) is 5.06. The van der Waals surface area contributed by atoms with Crippen molar-refractivity contribution in [2.24, 2.45) is 5.73 Å². The van der Waals surface area contributed by atoms with E-state index < -0.39 is 0 Å². The molecule has 0 amide bonds. The van der Waals surface area contributed by atoms with Crippen LogP contribution in [0.15, 0.2) is 24.3 Å². The number of carbonyl (C=O) groups excluding carboxylic acids is 1. The Labute approximate surface area is 85.1 Å². The molecule has 2 nitrogen and oxygen atoms in total. The number of carbonyl (C=O) groups is 1. The third-order valence-corrected chi connectivity index (χ3v) is 2.25. The zero-order valence-corrected chi connectivity index (χ0v) is 8.62. The van der Waals surface area contributed by atoms with Crippen molar-refractivity contribution in [2.45, 2.75) is 26.2 Å².